The molecule has 0 fully saturated rings. The van der Waals surface area contributed by atoms with Crippen molar-refractivity contribution in [1.29, 1.82) is 5.26 Å². The highest BCUT2D eigenvalue weighted by molar-refractivity contribution is 5.87. The molecule has 0 N–H and O–H groups in total. The van der Waals surface area contributed by atoms with Crippen molar-refractivity contribution in [3.8, 4) is 11.8 Å². The van der Waals surface area contributed by atoms with Crippen LogP contribution in [0.15, 0.2) is 36.4 Å². The predicted octanol–water partition coefficient (Wildman–Crippen LogP) is 3.20. The predicted molar refractivity (Wildman–Crippen MR) is 74.0 cm³/mol. The molecule has 2 rings (SSSR count). The van der Waals surface area contributed by atoms with E-state index in [1.807, 2.05) is 49.2 Å². The lowest BCUT2D eigenvalue weighted by molar-refractivity contribution is 0.415. The summed E-state index contributed by atoms with van der Waals surface area (Å²) in [6, 6.07) is 14.2. The monoisotopic (exact) mass is 240 g/mol. The molecule has 0 amide bonds. The van der Waals surface area contributed by atoms with Gasteiger partial charge < -0.3 is 9.64 Å². The molecule has 18 heavy (non-hydrogen) atoms. The van der Waals surface area contributed by atoms with Crippen molar-refractivity contribution in [1.82, 2.24) is 0 Å². The molecular formula is C15H16N2O. The molecule has 0 aliphatic heterocycles. The van der Waals surface area contributed by atoms with Crippen LogP contribution in [-0.2, 0) is 0 Å². The molecule has 0 aliphatic carbocycles. The molecule has 1 unspecified atom stereocenters. The van der Waals surface area contributed by atoms with E-state index >= 15 is 0 Å². The van der Waals surface area contributed by atoms with Crippen LogP contribution in [0, 0.1) is 11.3 Å². The number of fused-ring (bicyclic) bond motifs is 1. The molecule has 92 valence electrons. The maximum atomic E-state index is 8.94. The van der Waals surface area contributed by atoms with Crippen LogP contribution < -0.4 is 9.64 Å². The minimum atomic E-state index is -0.138. The van der Waals surface area contributed by atoms with Crippen LogP contribution in [0.2, 0.25) is 0 Å². The van der Waals surface area contributed by atoms with Gasteiger partial charge in [-0.05, 0) is 42.0 Å². The molecule has 0 aliphatic rings. The summed E-state index contributed by atoms with van der Waals surface area (Å²) in [7, 11) is 3.59. The molecule has 0 saturated heterocycles. The summed E-state index contributed by atoms with van der Waals surface area (Å²) in [5.41, 5.74) is 1.04. The number of hydrogen-bond donors (Lipinski definition) is 0. The van der Waals surface area contributed by atoms with Crippen LogP contribution in [0.5, 0.6) is 5.75 Å². The average Bonchev–Trinajstić information content (AvgIpc) is 2.44. The van der Waals surface area contributed by atoms with Gasteiger partial charge in [-0.25, -0.2) is 0 Å². The summed E-state index contributed by atoms with van der Waals surface area (Å²) in [5.74, 6) is 0.856. The number of rotatable bonds is 3. The quantitative estimate of drug-likeness (QED) is 0.826. The number of nitrogens with zero attached hydrogens (tertiary/aromatic N) is 2. The van der Waals surface area contributed by atoms with E-state index in [-0.39, 0.29) is 6.04 Å². The first-order valence-corrected chi connectivity index (χ1v) is 5.86. The third-order valence-corrected chi connectivity index (χ3v) is 3.21. The Bertz CT molecular complexity index is 601. The van der Waals surface area contributed by atoms with E-state index in [4.69, 9.17) is 10.00 Å². The fourth-order valence-corrected chi connectivity index (χ4v) is 1.87. The maximum absolute atomic E-state index is 8.94. The van der Waals surface area contributed by atoms with Gasteiger partial charge in [-0.2, -0.15) is 5.26 Å². The topological polar surface area (TPSA) is 36.3 Å². The Labute approximate surface area is 107 Å². The average molecular weight is 240 g/mol. The lowest BCUT2D eigenvalue weighted by atomic mass is 10.1. The molecule has 0 bridgehead atoms. The van der Waals surface area contributed by atoms with Crippen molar-refractivity contribution >= 4 is 16.5 Å². The van der Waals surface area contributed by atoms with E-state index in [0.717, 1.165) is 22.2 Å². The zero-order valence-corrected chi connectivity index (χ0v) is 10.8. The fourth-order valence-electron chi connectivity index (χ4n) is 1.87. The standard InChI is InChI=1S/C15H16N2O/c1-11(10-16)17(2)14-6-4-13-9-15(18-3)7-5-12(13)8-14/h4-9,11H,1-3H3. The van der Waals surface area contributed by atoms with E-state index in [9.17, 15) is 0 Å². The van der Waals surface area contributed by atoms with Gasteiger partial charge >= 0.3 is 0 Å². The fraction of sp³-hybridized carbons (Fsp3) is 0.267. The SMILES string of the molecule is COc1ccc2cc(N(C)C(C)C#N)ccc2c1. The summed E-state index contributed by atoms with van der Waals surface area (Å²) < 4.78 is 5.20. The van der Waals surface area contributed by atoms with Crippen LogP contribution in [-0.4, -0.2) is 20.2 Å². The first-order valence-electron chi connectivity index (χ1n) is 5.86. The van der Waals surface area contributed by atoms with Crippen molar-refractivity contribution < 1.29 is 4.74 Å². The summed E-state index contributed by atoms with van der Waals surface area (Å²) >= 11 is 0. The molecule has 1 atom stereocenters. The smallest absolute Gasteiger partial charge is 0.119 e. The zero-order chi connectivity index (χ0) is 13.1. The highest BCUT2D eigenvalue weighted by Gasteiger charge is 2.09. The minimum Gasteiger partial charge on any atom is -0.497 e. The van der Waals surface area contributed by atoms with Crippen LogP contribution in [0.1, 0.15) is 6.92 Å². The number of ether oxygens (including phenoxy) is 1. The number of methoxy groups -OCH3 is 1. The Hall–Kier alpha value is -2.21. The molecule has 2 aromatic carbocycles. The molecule has 3 nitrogen and oxygen atoms in total. The van der Waals surface area contributed by atoms with Crippen molar-refractivity contribution in [2.24, 2.45) is 0 Å². The number of hydrogen-bond acceptors (Lipinski definition) is 3. The van der Waals surface area contributed by atoms with Crippen LogP contribution in [0.4, 0.5) is 5.69 Å². The van der Waals surface area contributed by atoms with Crippen molar-refractivity contribution in [2.45, 2.75) is 13.0 Å². The van der Waals surface area contributed by atoms with Crippen LogP contribution >= 0.6 is 0 Å². The van der Waals surface area contributed by atoms with Gasteiger partial charge in [0.2, 0.25) is 0 Å². The van der Waals surface area contributed by atoms with Gasteiger partial charge in [0.1, 0.15) is 11.8 Å². The minimum absolute atomic E-state index is 0.138. The highest BCUT2D eigenvalue weighted by Crippen LogP contribution is 2.25. The largest absolute Gasteiger partial charge is 0.497 e. The van der Waals surface area contributed by atoms with Gasteiger partial charge in [0, 0.05) is 12.7 Å². The number of anilines is 1. The first-order chi connectivity index (χ1) is 8.65. The first kappa shape index (κ1) is 12.3. The third kappa shape index (κ3) is 2.23. The van der Waals surface area contributed by atoms with E-state index in [2.05, 4.69) is 12.1 Å². The Balaban J connectivity index is 2.42. The van der Waals surface area contributed by atoms with Gasteiger partial charge in [-0.1, -0.05) is 12.1 Å². The van der Waals surface area contributed by atoms with E-state index in [1.54, 1.807) is 7.11 Å². The van der Waals surface area contributed by atoms with Gasteiger partial charge in [-0.15, -0.1) is 0 Å². The second-order valence-electron chi connectivity index (χ2n) is 4.31. The molecule has 0 aromatic heterocycles. The van der Waals surface area contributed by atoms with E-state index in [1.165, 1.54) is 0 Å². The molecule has 2 aromatic rings. The Kier molecular flexibility index (Phi) is 3.38. The second kappa shape index (κ2) is 4.97. The van der Waals surface area contributed by atoms with E-state index in [0.29, 0.717) is 0 Å². The number of benzene rings is 2. The molecule has 3 heteroatoms. The van der Waals surface area contributed by atoms with Crippen molar-refractivity contribution in [3.05, 3.63) is 36.4 Å². The normalized spacial score (nSPS) is 11.9. The van der Waals surface area contributed by atoms with Crippen molar-refractivity contribution in [3.63, 3.8) is 0 Å². The summed E-state index contributed by atoms with van der Waals surface area (Å²) in [6.07, 6.45) is 0. The molecule has 0 spiro atoms. The van der Waals surface area contributed by atoms with E-state index < -0.39 is 0 Å². The Morgan fingerprint density at radius 2 is 1.83 bits per heavy atom. The third-order valence-electron chi connectivity index (χ3n) is 3.21. The molecule has 0 saturated carbocycles. The molecule has 0 radical (unpaired) electrons. The van der Waals surface area contributed by atoms with Gasteiger partial charge in [-0.3, -0.25) is 0 Å². The zero-order valence-electron chi connectivity index (χ0n) is 10.8. The Morgan fingerprint density at radius 3 is 2.50 bits per heavy atom. The summed E-state index contributed by atoms with van der Waals surface area (Å²) in [6.45, 7) is 1.89. The van der Waals surface area contributed by atoms with Gasteiger partial charge in [0.15, 0.2) is 0 Å². The van der Waals surface area contributed by atoms with Crippen LogP contribution in [0.3, 0.4) is 0 Å². The highest BCUT2D eigenvalue weighted by atomic mass is 16.5. The second-order valence-corrected chi connectivity index (χ2v) is 4.31. The maximum Gasteiger partial charge on any atom is 0.119 e. The summed E-state index contributed by atoms with van der Waals surface area (Å²) in [5, 5.41) is 11.2. The summed E-state index contributed by atoms with van der Waals surface area (Å²) in [4.78, 5) is 1.96. The lowest BCUT2D eigenvalue weighted by Gasteiger charge is -2.22. The molecular weight excluding hydrogens is 224 g/mol. The number of nitriles is 1. The van der Waals surface area contributed by atoms with Crippen LogP contribution in [0.25, 0.3) is 10.8 Å². The Morgan fingerprint density at radius 1 is 1.17 bits per heavy atom. The van der Waals surface area contributed by atoms with Gasteiger partial charge in [0.25, 0.3) is 0 Å². The lowest BCUT2D eigenvalue weighted by Crippen LogP contribution is -2.26. The van der Waals surface area contributed by atoms with Crippen molar-refractivity contribution in [2.75, 3.05) is 19.1 Å². The van der Waals surface area contributed by atoms with Gasteiger partial charge in [0.05, 0.1) is 13.2 Å². The molecule has 0 heterocycles.